The minimum Gasteiger partial charge on any atom is -0.310 e. The Hall–Kier alpha value is -5.40. The molecular weight excluding hydrogens is 675 g/mol. The van der Waals surface area contributed by atoms with E-state index in [0.29, 0.717) is 0 Å². The number of hydrogen-bond acceptors (Lipinski definition) is 1. The van der Waals surface area contributed by atoms with E-state index in [0.717, 1.165) is 23.7 Å². The van der Waals surface area contributed by atoms with Crippen LogP contribution in [0.3, 0.4) is 0 Å². The number of hydrogen-bond donors (Lipinski definition) is 0. The summed E-state index contributed by atoms with van der Waals surface area (Å²) in [5.74, 6) is 3.43. The van der Waals surface area contributed by atoms with Crippen molar-refractivity contribution in [3.8, 4) is 33.4 Å². The summed E-state index contributed by atoms with van der Waals surface area (Å²) in [6.45, 7) is 0. The van der Waals surface area contributed by atoms with Gasteiger partial charge in [-0.2, -0.15) is 0 Å². The van der Waals surface area contributed by atoms with E-state index >= 15 is 0 Å². The molecule has 0 saturated heterocycles. The zero-order chi connectivity index (χ0) is 36.6. The van der Waals surface area contributed by atoms with Gasteiger partial charge in [0, 0.05) is 27.9 Å². The van der Waals surface area contributed by atoms with Crippen molar-refractivity contribution in [2.45, 2.75) is 68.6 Å². The molecule has 0 radical (unpaired) electrons. The molecule has 0 heterocycles. The number of rotatable bonds is 4. The Morgan fingerprint density at radius 1 is 0.411 bits per heavy atom. The predicted octanol–water partition coefficient (Wildman–Crippen LogP) is 14.5. The summed E-state index contributed by atoms with van der Waals surface area (Å²) >= 11 is 0. The summed E-state index contributed by atoms with van der Waals surface area (Å²) in [6, 6.07) is 58.8. The molecule has 56 heavy (non-hydrogen) atoms. The normalized spacial score (nSPS) is 25.4. The van der Waals surface area contributed by atoms with Gasteiger partial charge in [0.15, 0.2) is 0 Å². The Balaban J connectivity index is 0.993. The van der Waals surface area contributed by atoms with E-state index in [9.17, 15) is 0 Å². The smallest absolute Gasteiger partial charge is 0.0468 e. The molecule has 272 valence electrons. The predicted molar refractivity (Wildman–Crippen MR) is 232 cm³/mol. The lowest BCUT2D eigenvalue weighted by Gasteiger charge is -2.61. The molecule has 2 spiro atoms. The van der Waals surface area contributed by atoms with E-state index in [2.05, 4.69) is 157 Å². The van der Waals surface area contributed by atoms with Crippen molar-refractivity contribution >= 4 is 27.8 Å². The summed E-state index contributed by atoms with van der Waals surface area (Å²) < 4.78 is 0. The van der Waals surface area contributed by atoms with Gasteiger partial charge in [-0.05, 0) is 171 Å². The molecule has 14 rings (SSSR count). The molecule has 0 aliphatic heterocycles. The van der Waals surface area contributed by atoms with E-state index in [-0.39, 0.29) is 10.8 Å². The molecule has 0 N–H and O–H groups in total. The molecule has 1 heteroatoms. The van der Waals surface area contributed by atoms with Crippen LogP contribution in [0, 0.1) is 23.7 Å². The molecule has 7 aliphatic carbocycles. The van der Waals surface area contributed by atoms with Crippen LogP contribution in [0.5, 0.6) is 0 Å². The first-order chi connectivity index (χ1) is 27.7. The van der Waals surface area contributed by atoms with Crippen LogP contribution in [-0.2, 0) is 10.8 Å². The summed E-state index contributed by atoms with van der Waals surface area (Å²) in [4.78, 5) is 2.57. The number of anilines is 3. The maximum Gasteiger partial charge on any atom is 0.0468 e. The molecule has 0 aromatic heterocycles. The van der Waals surface area contributed by atoms with E-state index < -0.39 is 0 Å². The van der Waals surface area contributed by atoms with Gasteiger partial charge in [-0.3, -0.25) is 0 Å². The van der Waals surface area contributed by atoms with Gasteiger partial charge >= 0.3 is 0 Å². The molecule has 0 atom stereocenters. The van der Waals surface area contributed by atoms with Crippen LogP contribution >= 0.6 is 0 Å². The largest absolute Gasteiger partial charge is 0.310 e. The van der Waals surface area contributed by atoms with Crippen LogP contribution in [0.15, 0.2) is 152 Å². The van der Waals surface area contributed by atoms with Gasteiger partial charge in [-0.15, -0.1) is 0 Å². The monoisotopic (exact) mass is 721 g/mol. The second-order valence-electron chi connectivity index (χ2n) is 18.4. The summed E-state index contributed by atoms with van der Waals surface area (Å²) in [5, 5.41) is 2.58. The minimum atomic E-state index is 0.120. The Kier molecular flexibility index (Phi) is 6.57. The van der Waals surface area contributed by atoms with Crippen molar-refractivity contribution in [1.82, 2.24) is 0 Å². The van der Waals surface area contributed by atoms with Crippen LogP contribution < -0.4 is 4.90 Å². The van der Waals surface area contributed by atoms with Crippen LogP contribution in [-0.4, -0.2) is 0 Å². The molecular formula is C55H47N. The maximum atomic E-state index is 2.59. The van der Waals surface area contributed by atoms with E-state index in [1.165, 1.54) is 125 Å². The van der Waals surface area contributed by atoms with Crippen molar-refractivity contribution in [1.29, 1.82) is 0 Å². The van der Waals surface area contributed by atoms with E-state index in [1.807, 2.05) is 0 Å². The molecule has 1 nitrogen and oxygen atoms in total. The van der Waals surface area contributed by atoms with Crippen molar-refractivity contribution in [2.24, 2.45) is 23.7 Å². The first kappa shape index (κ1) is 31.8. The fraction of sp³-hybridized carbons (Fsp3) is 0.273. The van der Waals surface area contributed by atoms with Crippen LogP contribution in [0.4, 0.5) is 17.1 Å². The van der Waals surface area contributed by atoms with Gasteiger partial charge in [0.2, 0.25) is 0 Å². The highest BCUT2D eigenvalue weighted by Gasteiger charge is 2.61. The van der Waals surface area contributed by atoms with Gasteiger partial charge in [0.05, 0.1) is 0 Å². The van der Waals surface area contributed by atoms with E-state index in [4.69, 9.17) is 0 Å². The first-order valence-electron chi connectivity index (χ1n) is 21.6. The van der Waals surface area contributed by atoms with Crippen molar-refractivity contribution < 1.29 is 0 Å². The summed E-state index contributed by atoms with van der Waals surface area (Å²) in [5.41, 5.74) is 18.7. The SMILES string of the molecule is c1ccc2c(c1)-c1ccc(N(c3ccc(-c4cccc5ccccc45)cc3)c3ccc4c(c3)-c3ccccc3C43C4CC5CC(C4)CC3C5)cc1C21CCCC1. The second kappa shape index (κ2) is 11.6. The lowest BCUT2D eigenvalue weighted by molar-refractivity contribution is -0.0399. The van der Waals surface area contributed by atoms with Gasteiger partial charge in [0.25, 0.3) is 0 Å². The molecule has 0 amide bonds. The lowest BCUT2D eigenvalue weighted by atomic mass is 9.43. The number of nitrogens with zero attached hydrogens (tertiary/aromatic N) is 1. The van der Waals surface area contributed by atoms with Gasteiger partial charge in [-0.25, -0.2) is 0 Å². The first-order valence-corrected chi connectivity index (χ1v) is 21.6. The topological polar surface area (TPSA) is 3.24 Å². The third-order valence-corrected chi connectivity index (χ3v) is 16.0. The van der Waals surface area contributed by atoms with Crippen LogP contribution in [0.25, 0.3) is 44.2 Å². The fourth-order valence-corrected chi connectivity index (χ4v) is 14.1. The second-order valence-corrected chi connectivity index (χ2v) is 18.4. The highest BCUT2D eigenvalue weighted by molar-refractivity contribution is 5.97. The minimum absolute atomic E-state index is 0.120. The molecule has 7 aromatic carbocycles. The maximum absolute atomic E-state index is 2.59. The van der Waals surface area contributed by atoms with E-state index in [1.54, 1.807) is 16.7 Å². The molecule has 7 aliphatic rings. The van der Waals surface area contributed by atoms with Crippen molar-refractivity contribution in [3.63, 3.8) is 0 Å². The molecule has 7 aromatic rings. The van der Waals surface area contributed by atoms with Gasteiger partial charge in [0.1, 0.15) is 0 Å². The third-order valence-electron chi connectivity index (χ3n) is 16.0. The average molecular weight is 722 g/mol. The molecule has 5 saturated carbocycles. The molecule has 5 fully saturated rings. The standard InChI is InChI=1S/C55H47N/c1-2-12-44-37(10-1)11-9-15-45(44)38-18-20-41(21-19-38)56(43-22-24-48-46-13-3-5-16-50(46)54(53(48)34-43)26-7-8-27-54)42-23-25-52-49(33-42)47-14-4-6-17-51(47)55(52)39-29-35-28-36(31-39)32-40(55)30-35/h1-6,9-25,33-36,39-40H,7-8,26-32H2. The Morgan fingerprint density at radius 2 is 0.982 bits per heavy atom. The number of fused-ring (bicyclic) bond motifs is 9. The Bertz CT molecular complexity index is 2690. The lowest BCUT2D eigenvalue weighted by Crippen LogP contribution is -2.55. The Labute approximate surface area is 331 Å². The zero-order valence-electron chi connectivity index (χ0n) is 32.1. The quantitative estimate of drug-likeness (QED) is 0.175. The van der Waals surface area contributed by atoms with Crippen LogP contribution in [0.1, 0.15) is 80.0 Å². The van der Waals surface area contributed by atoms with Crippen molar-refractivity contribution in [2.75, 3.05) is 4.90 Å². The number of benzene rings is 7. The summed E-state index contributed by atoms with van der Waals surface area (Å²) in [6.07, 6.45) is 12.2. The molecule has 4 bridgehead atoms. The average Bonchev–Trinajstić information content (AvgIpc) is 3.93. The van der Waals surface area contributed by atoms with Crippen molar-refractivity contribution in [3.05, 3.63) is 174 Å². The highest BCUT2D eigenvalue weighted by Crippen LogP contribution is 2.69. The third kappa shape index (κ3) is 4.16. The van der Waals surface area contributed by atoms with Crippen LogP contribution in [0.2, 0.25) is 0 Å². The molecule has 0 unspecified atom stereocenters. The zero-order valence-corrected chi connectivity index (χ0v) is 32.1. The fourth-order valence-electron chi connectivity index (χ4n) is 14.1. The summed E-state index contributed by atoms with van der Waals surface area (Å²) in [7, 11) is 0. The Morgan fingerprint density at radius 3 is 1.77 bits per heavy atom. The highest BCUT2D eigenvalue weighted by atomic mass is 15.1. The van der Waals surface area contributed by atoms with Gasteiger partial charge in [-0.1, -0.05) is 128 Å². The van der Waals surface area contributed by atoms with Gasteiger partial charge < -0.3 is 4.90 Å².